The fourth-order valence-corrected chi connectivity index (χ4v) is 4.32. The van der Waals surface area contributed by atoms with E-state index in [1.54, 1.807) is 17.0 Å². The summed E-state index contributed by atoms with van der Waals surface area (Å²) in [6.45, 7) is 0. The minimum atomic E-state index is -0.199. The van der Waals surface area contributed by atoms with E-state index in [9.17, 15) is 4.79 Å². The van der Waals surface area contributed by atoms with E-state index in [2.05, 4.69) is 10.3 Å². The molecule has 7 heteroatoms. The lowest BCUT2D eigenvalue weighted by molar-refractivity contribution is 0.195. The van der Waals surface area contributed by atoms with Crippen LogP contribution in [0.2, 0.25) is 0 Å². The molecule has 152 valence electrons. The molecule has 2 heterocycles. The number of amides is 2. The lowest BCUT2D eigenvalue weighted by atomic mass is 9.75. The molecule has 1 aromatic carbocycles. The second kappa shape index (κ2) is 8.37. The van der Waals surface area contributed by atoms with E-state index in [-0.39, 0.29) is 24.0 Å². The van der Waals surface area contributed by atoms with Crippen molar-refractivity contribution in [2.24, 2.45) is 5.73 Å². The van der Waals surface area contributed by atoms with Crippen molar-refractivity contribution in [3.8, 4) is 6.07 Å². The average Bonchev–Trinajstić information content (AvgIpc) is 3.13. The molecule has 2 aliphatic rings. The number of carbonyl (C=O) groups excluding carboxylic acids is 1. The molecule has 1 saturated carbocycles. The lowest BCUT2D eigenvalue weighted by Crippen LogP contribution is -2.50. The van der Waals surface area contributed by atoms with Crippen molar-refractivity contribution in [3.63, 3.8) is 0 Å². The first-order chi connectivity index (χ1) is 14.6. The van der Waals surface area contributed by atoms with Gasteiger partial charge >= 0.3 is 6.03 Å². The zero-order valence-electron chi connectivity index (χ0n) is 16.6. The summed E-state index contributed by atoms with van der Waals surface area (Å²) in [4.78, 5) is 18.9. The Labute approximate surface area is 175 Å². The molecule has 30 heavy (non-hydrogen) atoms. The summed E-state index contributed by atoms with van der Waals surface area (Å²) in [6, 6.07) is 15.3. The van der Waals surface area contributed by atoms with Gasteiger partial charge in [0.15, 0.2) is 0 Å². The minimum Gasteiger partial charge on any atom is -0.405 e. The van der Waals surface area contributed by atoms with Crippen molar-refractivity contribution >= 4 is 17.9 Å². The predicted molar refractivity (Wildman–Crippen MR) is 114 cm³/mol. The van der Waals surface area contributed by atoms with E-state index in [0.29, 0.717) is 23.6 Å². The van der Waals surface area contributed by atoms with Crippen molar-refractivity contribution < 1.29 is 4.79 Å². The fraction of sp³-hybridized carbons (Fsp3) is 0.304. The van der Waals surface area contributed by atoms with Crippen molar-refractivity contribution in [3.05, 3.63) is 71.2 Å². The predicted octanol–water partition coefficient (Wildman–Crippen LogP) is 3.65. The number of rotatable bonds is 4. The molecule has 1 saturated heterocycles. The number of nitrogens with one attached hydrogen (secondary N) is 2. The Kier molecular flexibility index (Phi) is 5.48. The maximum Gasteiger partial charge on any atom is 0.323 e. The molecule has 4 rings (SSSR count). The summed E-state index contributed by atoms with van der Waals surface area (Å²) in [5.74, 6) is 0.619. The summed E-state index contributed by atoms with van der Waals surface area (Å²) in [5.41, 5.74) is 8.69. The van der Waals surface area contributed by atoms with Gasteiger partial charge in [-0.25, -0.2) is 9.78 Å². The number of aromatic nitrogens is 1. The monoisotopic (exact) mass is 400 g/mol. The molecule has 2 aromatic rings. The van der Waals surface area contributed by atoms with E-state index >= 15 is 0 Å². The van der Waals surface area contributed by atoms with Gasteiger partial charge in [0.2, 0.25) is 0 Å². The molecule has 1 unspecified atom stereocenters. The van der Waals surface area contributed by atoms with Crippen molar-refractivity contribution in [2.75, 3.05) is 0 Å². The first kappa shape index (κ1) is 19.6. The van der Waals surface area contributed by atoms with Crippen LogP contribution in [0.5, 0.6) is 0 Å². The van der Waals surface area contributed by atoms with Crippen LogP contribution >= 0.6 is 0 Å². The average molecular weight is 400 g/mol. The first-order valence-electron chi connectivity index (χ1n) is 10.1. The highest BCUT2D eigenvalue weighted by Gasteiger charge is 2.38. The second-order valence-corrected chi connectivity index (χ2v) is 7.74. The van der Waals surface area contributed by atoms with Gasteiger partial charge in [0.1, 0.15) is 17.6 Å². The minimum absolute atomic E-state index is 0.0534. The molecule has 1 aliphatic carbocycles. The lowest BCUT2D eigenvalue weighted by Gasteiger charge is -2.38. The molecule has 1 atom stereocenters. The number of likely N-dealkylation sites (tertiary alicyclic amines) is 1. The number of amidine groups is 1. The van der Waals surface area contributed by atoms with Gasteiger partial charge in [-0.1, -0.05) is 36.4 Å². The number of hydrogen-bond donors (Lipinski definition) is 3. The second-order valence-electron chi connectivity index (χ2n) is 7.74. The van der Waals surface area contributed by atoms with Gasteiger partial charge in [0, 0.05) is 12.5 Å². The van der Waals surface area contributed by atoms with E-state index in [0.717, 1.165) is 30.4 Å². The molecule has 4 N–H and O–H groups in total. The van der Waals surface area contributed by atoms with Crippen LogP contribution in [0.25, 0.3) is 6.08 Å². The van der Waals surface area contributed by atoms with Crippen LogP contribution in [-0.2, 0) is 0 Å². The Hall–Kier alpha value is -3.66. The third-order valence-electron chi connectivity index (χ3n) is 5.89. The summed E-state index contributed by atoms with van der Waals surface area (Å²) in [5, 5.41) is 20.4. The summed E-state index contributed by atoms with van der Waals surface area (Å²) in [7, 11) is 0. The van der Waals surface area contributed by atoms with Gasteiger partial charge in [0.05, 0.1) is 11.7 Å². The molecule has 0 bridgehead atoms. The van der Waals surface area contributed by atoms with Gasteiger partial charge in [-0.3, -0.25) is 10.3 Å². The van der Waals surface area contributed by atoms with E-state index < -0.39 is 0 Å². The van der Waals surface area contributed by atoms with Crippen molar-refractivity contribution in [1.29, 1.82) is 10.7 Å². The third-order valence-corrected chi connectivity index (χ3v) is 5.89. The topological polar surface area (TPSA) is 119 Å². The molecular weight excluding hydrogens is 376 g/mol. The first-order valence-corrected chi connectivity index (χ1v) is 10.1. The number of benzene rings is 1. The molecule has 0 spiro atoms. The maximum atomic E-state index is 12.9. The largest absolute Gasteiger partial charge is 0.405 e. The zero-order valence-corrected chi connectivity index (χ0v) is 16.6. The summed E-state index contributed by atoms with van der Waals surface area (Å²) in [6.07, 6.45) is 6.09. The highest BCUT2D eigenvalue weighted by Crippen LogP contribution is 2.39. The number of urea groups is 1. The zero-order chi connectivity index (χ0) is 21.1. The quantitative estimate of drug-likeness (QED) is 0.725. The number of nitrogens with zero attached hydrogens (tertiary/aromatic N) is 3. The summed E-state index contributed by atoms with van der Waals surface area (Å²) < 4.78 is 0. The Morgan fingerprint density at radius 1 is 1.27 bits per heavy atom. The van der Waals surface area contributed by atoms with E-state index in [4.69, 9.17) is 16.4 Å². The van der Waals surface area contributed by atoms with E-state index in [1.807, 2.05) is 42.5 Å². The van der Waals surface area contributed by atoms with E-state index in [1.165, 1.54) is 6.20 Å². The normalized spacial score (nSPS) is 23.2. The number of nitrogens with two attached hydrogens (primary N) is 1. The SMILES string of the molecule is N#Cc1ccc(C2CC(NC(=O)N3C(=N)CCC3c3ccccc3)C2)c(/C=C\N)n1. The maximum absolute atomic E-state index is 12.9. The van der Waals surface area contributed by atoms with Gasteiger partial charge < -0.3 is 11.1 Å². The van der Waals surface area contributed by atoms with Gasteiger partial charge in [0.25, 0.3) is 0 Å². The van der Waals surface area contributed by atoms with Crippen LogP contribution in [0.4, 0.5) is 4.79 Å². The van der Waals surface area contributed by atoms with Gasteiger partial charge in [-0.2, -0.15) is 5.26 Å². The van der Waals surface area contributed by atoms with Crippen LogP contribution < -0.4 is 11.1 Å². The molecule has 1 aliphatic heterocycles. The number of carbonyl (C=O) groups is 1. The van der Waals surface area contributed by atoms with Gasteiger partial charge in [-0.15, -0.1) is 0 Å². The number of nitriles is 1. The molecule has 2 fully saturated rings. The van der Waals surface area contributed by atoms with Gasteiger partial charge in [-0.05, 0) is 54.6 Å². The standard InChI is InChI=1S/C23H24N6O/c24-11-10-20-19(7-6-17(14-25)27-20)16-12-18(13-16)28-23(30)29-21(8-9-22(29)26)15-4-2-1-3-5-15/h1-7,10-11,16,18,21,26H,8-9,12-13,24H2,(H,28,30)/b11-10-,26-22?. The Morgan fingerprint density at radius 2 is 2.03 bits per heavy atom. The Morgan fingerprint density at radius 3 is 2.73 bits per heavy atom. The Bertz CT molecular complexity index is 1020. The molecule has 2 amide bonds. The number of hydrogen-bond acceptors (Lipinski definition) is 5. The smallest absolute Gasteiger partial charge is 0.323 e. The molecular formula is C23H24N6O. The fourth-order valence-electron chi connectivity index (χ4n) is 4.32. The van der Waals surface area contributed by atoms with Crippen LogP contribution in [0.1, 0.15) is 60.2 Å². The Balaban J connectivity index is 1.41. The highest BCUT2D eigenvalue weighted by atomic mass is 16.2. The van der Waals surface area contributed by atoms with Crippen LogP contribution in [0.15, 0.2) is 48.7 Å². The molecule has 1 aromatic heterocycles. The van der Waals surface area contributed by atoms with Crippen molar-refractivity contribution in [2.45, 2.75) is 43.7 Å². The molecule has 7 nitrogen and oxygen atoms in total. The molecule has 0 radical (unpaired) electrons. The van der Waals surface area contributed by atoms with Crippen molar-refractivity contribution in [1.82, 2.24) is 15.2 Å². The third kappa shape index (κ3) is 3.77. The van der Waals surface area contributed by atoms with Crippen LogP contribution in [0.3, 0.4) is 0 Å². The van der Waals surface area contributed by atoms with Crippen LogP contribution in [-0.4, -0.2) is 27.8 Å². The highest BCUT2D eigenvalue weighted by molar-refractivity contribution is 5.98. The summed E-state index contributed by atoms with van der Waals surface area (Å²) >= 11 is 0. The number of pyridine rings is 1. The van der Waals surface area contributed by atoms with Crippen LogP contribution in [0, 0.1) is 16.7 Å².